The van der Waals surface area contributed by atoms with Crippen molar-refractivity contribution in [2.24, 2.45) is 0 Å². The summed E-state index contributed by atoms with van der Waals surface area (Å²) in [5.41, 5.74) is 3.92. The molecule has 19 heavy (non-hydrogen) atoms. The third-order valence-corrected chi connectivity index (χ3v) is 3.77. The number of benzene rings is 1. The molecule has 2 aromatic rings. The SMILES string of the molecule is Brc1cncc(CN2CCNCc3ccccc32)c1. The third-order valence-electron chi connectivity index (χ3n) is 3.34. The Labute approximate surface area is 121 Å². The molecule has 0 bridgehead atoms. The molecule has 0 saturated heterocycles. The van der Waals surface area contributed by atoms with Gasteiger partial charge in [0.1, 0.15) is 0 Å². The molecular weight excluding hydrogens is 302 g/mol. The monoisotopic (exact) mass is 317 g/mol. The molecule has 1 aromatic heterocycles. The van der Waals surface area contributed by atoms with Crippen LogP contribution in [0.1, 0.15) is 11.1 Å². The van der Waals surface area contributed by atoms with Crippen LogP contribution in [-0.4, -0.2) is 18.1 Å². The van der Waals surface area contributed by atoms with Gasteiger partial charge in [0.2, 0.25) is 0 Å². The van der Waals surface area contributed by atoms with Crippen molar-refractivity contribution >= 4 is 21.6 Å². The molecule has 1 aromatic carbocycles. The zero-order chi connectivity index (χ0) is 13.1. The second-order valence-corrected chi connectivity index (χ2v) is 5.65. The van der Waals surface area contributed by atoms with Crippen LogP contribution in [0.25, 0.3) is 0 Å². The Bertz CT molecular complexity index is 571. The van der Waals surface area contributed by atoms with E-state index in [0.717, 1.165) is 30.7 Å². The smallest absolute Gasteiger partial charge is 0.0445 e. The fourth-order valence-electron chi connectivity index (χ4n) is 2.45. The van der Waals surface area contributed by atoms with Crippen molar-refractivity contribution in [1.29, 1.82) is 0 Å². The number of nitrogens with zero attached hydrogens (tertiary/aromatic N) is 2. The van der Waals surface area contributed by atoms with Crippen molar-refractivity contribution in [3.63, 3.8) is 0 Å². The van der Waals surface area contributed by atoms with Crippen molar-refractivity contribution in [1.82, 2.24) is 10.3 Å². The van der Waals surface area contributed by atoms with Crippen molar-refractivity contribution in [2.75, 3.05) is 18.0 Å². The topological polar surface area (TPSA) is 28.2 Å². The van der Waals surface area contributed by atoms with Gasteiger partial charge in [-0.05, 0) is 39.2 Å². The van der Waals surface area contributed by atoms with Crippen LogP contribution in [-0.2, 0) is 13.1 Å². The summed E-state index contributed by atoms with van der Waals surface area (Å²) in [4.78, 5) is 6.66. The summed E-state index contributed by atoms with van der Waals surface area (Å²) in [5.74, 6) is 0. The van der Waals surface area contributed by atoms with Crippen molar-refractivity contribution < 1.29 is 0 Å². The van der Waals surface area contributed by atoms with Crippen molar-refractivity contribution in [2.45, 2.75) is 13.1 Å². The van der Waals surface area contributed by atoms with Gasteiger partial charge in [0, 0.05) is 48.7 Å². The molecule has 1 aliphatic heterocycles. The predicted octanol–water partition coefficient (Wildman–Crippen LogP) is 2.95. The van der Waals surface area contributed by atoms with Crippen LogP contribution in [0.5, 0.6) is 0 Å². The number of hydrogen-bond acceptors (Lipinski definition) is 3. The molecule has 4 heteroatoms. The van der Waals surface area contributed by atoms with Gasteiger partial charge in [0.15, 0.2) is 0 Å². The van der Waals surface area contributed by atoms with E-state index in [1.807, 2.05) is 12.4 Å². The standard InChI is InChI=1S/C15H16BrN3/c16-14-7-12(8-18-10-14)11-19-6-5-17-9-13-3-1-2-4-15(13)19/h1-4,7-8,10,17H,5-6,9,11H2. The molecule has 2 heterocycles. The Hall–Kier alpha value is -1.39. The van der Waals surface area contributed by atoms with Gasteiger partial charge in [-0.25, -0.2) is 0 Å². The van der Waals surface area contributed by atoms with Crippen LogP contribution in [0.3, 0.4) is 0 Å². The van der Waals surface area contributed by atoms with E-state index < -0.39 is 0 Å². The lowest BCUT2D eigenvalue weighted by Gasteiger charge is -2.24. The maximum atomic E-state index is 4.24. The van der Waals surface area contributed by atoms with E-state index >= 15 is 0 Å². The second-order valence-electron chi connectivity index (χ2n) is 4.74. The molecule has 98 valence electrons. The number of anilines is 1. The van der Waals surface area contributed by atoms with E-state index in [1.165, 1.54) is 16.8 Å². The van der Waals surface area contributed by atoms with E-state index in [0.29, 0.717) is 0 Å². The zero-order valence-corrected chi connectivity index (χ0v) is 12.2. The summed E-state index contributed by atoms with van der Waals surface area (Å²) in [6, 6.07) is 10.7. The highest BCUT2D eigenvalue weighted by Gasteiger charge is 2.14. The molecule has 3 rings (SSSR count). The summed E-state index contributed by atoms with van der Waals surface area (Å²) >= 11 is 3.48. The average molecular weight is 318 g/mol. The molecule has 0 spiro atoms. The van der Waals surface area contributed by atoms with Gasteiger partial charge in [0.05, 0.1) is 0 Å². The lowest BCUT2D eigenvalue weighted by molar-refractivity contribution is 0.688. The first-order valence-corrected chi connectivity index (χ1v) is 7.25. The van der Waals surface area contributed by atoms with Crippen LogP contribution in [0, 0.1) is 0 Å². The Morgan fingerprint density at radius 2 is 2.16 bits per heavy atom. The number of fused-ring (bicyclic) bond motifs is 1. The van der Waals surface area contributed by atoms with Crippen molar-refractivity contribution in [3.05, 3.63) is 58.3 Å². The number of halogens is 1. The van der Waals surface area contributed by atoms with Gasteiger partial charge in [-0.3, -0.25) is 4.98 Å². The molecule has 0 saturated carbocycles. The summed E-state index contributed by atoms with van der Waals surface area (Å²) in [6.07, 6.45) is 3.76. The Morgan fingerprint density at radius 1 is 1.26 bits per heavy atom. The lowest BCUT2D eigenvalue weighted by Crippen LogP contribution is -2.28. The normalized spacial score (nSPS) is 14.9. The minimum atomic E-state index is 0.894. The molecular formula is C15H16BrN3. The Morgan fingerprint density at radius 3 is 3.05 bits per heavy atom. The third kappa shape index (κ3) is 2.96. The molecule has 0 unspecified atom stereocenters. The molecule has 1 N–H and O–H groups in total. The van der Waals surface area contributed by atoms with Gasteiger partial charge < -0.3 is 10.2 Å². The van der Waals surface area contributed by atoms with E-state index in [1.54, 1.807) is 0 Å². The van der Waals surface area contributed by atoms with Crippen LogP contribution in [0.2, 0.25) is 0 Å². The number of nitrogens with one attached hydrogen (secondary N) is 1. The molecule has 1 aliphatic rings. The molecule has 0 atom stereocenters. The minimum absolute atomic E-state index is 0.894. The molecule has 0 fully saturated rings. The Kier molecular flexibility index (Phi) is 3.80. The fraction of sp³-hybridized carbons (Fsp3) is 0.267. The summed E-state index contributed by atoms with van der Waals surface area (Å²) < 4.78 is 1.03. The number of rotatable bonds is 2. The van der Waals surface area contributed by atoms with E-state index in [4.69, 9.17) is 0 Å². The molecule has 3 nitrogen and oxygen atoms in total. The largest absolute Gasteiger partial charge is 0.366 e. The lowest BCUT2D eigenvalue weighted by atomic mass is 10.1. The van der Waals surface area contributed by atoms with Crippen LogP contribution in [0.4, 0.5) is 5.69 Å². The van der Waals surface area contributed by atoms with E-state index in [9.17, 15) is 0 Å². The zero-order valence-electron chi connectivity index (χ0n) is 10.6. The first kappa shape index (κ1) is 12.6. The highest BCUT2D eigenvalue weighted by Crippen LogP contribution is 2.24. The van der Waals surface area contributed by atoms with Crippen LogP contribution < -0.4 is 10.2 Å². The number of aromatic nitrogens is 1. The maximum absolute atomic E-state index is 4.24. The minimum Gasteiger partial charge on any atom is -0.366 e. The quantitative estimate of drug-likeness (QED) is 0.923. The van der Waals surface area contributed by atoms with Gasteiger partial charge in [0.25, 0.3) is 0 Å². The first-order valence-electron chi connectivity index (χ1n) is 6.46. The van der Waals surface area contributed by atoms with Gasteiger partial charge >= 0.3 is 0 Å². The van der Waals surface area contributed by atoms with Crippen LogP contribution in [0.15, 0.2) is 47.2 Å². The average Bonchev–Trinajstić information content (AvgIpc) is 2.62. The summed E-state index contributed by atoms with van der Waals surface area (Å²) in [7, 11) is 0. The molecule has 0 aliphatic carbocycles. The summed E-state index contributed by atoms with van der Waals surface area (Å²) in [5, 5.41) is 3.46. The number of hydrogen-bond donors (Lipinski definition) is 1. The maximum Gasteiger partial charge on any atom is 0.0445 e. The molecule has 0 radical (unpaired) electrons. The highest BCUT2D eigenvalue weighted by atomic mass is 79.9. The highest BCUT2D eigenvalue weighted by molar-refractivity contribution is 9.10. The van der Waals surface area contributed by atoms with Gasteiger partial charge in [-0.1, -0.05) is 18.2 Å². The fourth-order valence-corrected chi connectivity index (χ4v) is 2.87. The second kappa shape index (κ2) is 5.72. The van der Waals surface area contributed by atoms with Crippen molar-refractivity contribution in [3.8, 4) is 0 Å². The van der Waals surface area contributed by atoms with Gasteiger partial charge in [-0.2, -0.15) is 0 Å². The van der Waals surface area contributed by atoms with E-state index in [-0.39, 0.29) is 0 Å². The first-order chi connectivity index (χ1) is 9.33. The Balaban J connectivity index is 1.88. The number of para-hydroxylation sites is 1. The van der Waals surface area contributed by atoms with E-state index in [2.05, 4.69) is 61.5 Å². The van der Waals surface area contributed by atoms with Gasteiger partial charge in [-0.15, -0.1) is 0 Å². The number of pyridine rings is 1. The predicted molar refractivity (Wildman–Crippen MR) is 81.1 cm³/mol. The molecule has 0 amide bonds. The van der Waals surface area contributed by atoms with Crippen LogP contribution >= 0.6 is 15.9 Å². The summed E-state index contributed by atoms with van der Waals surface area (Å²) in [6.45, 7) is 3.87.